The van der Waals surface area contributed by atoms with E-state index < -0.39 is 13.0 Å². The average Bonchev–Trinajstić information content (AvgIpc) is 3.66. The maximum atomic E-state index is 9.72. The van der Waals surface area contributed by atoms with Crippen LogP contribution in [0.15, 0.2) is 111 Å². The number of rotatable bonds is 6. The predicted octanol–water partition coefficient (Wildman–Crippen LogP) is 6.65. The molecule has 5 rings (SSSR count). The summed E-state index contributed by atoms with van der Waals surface area (Å²) in [5, 5.41) is 30.5. The van der Waals surface area contributed by atoms with Gasteiger partial charge in [-0.05, 0) is 36.4 Å². The molecule has 7 heteroatoms. The minimum atomic E-state index is -1.63. The summed E-state index contributed by atoms with van der Waals surface area (Å²) < 4.78 is 14.7. The summed E-state index contributed by atoms with van der Waals surface area (Å²) in [6, 6.07) is 30.4. The molecule has 1 aliphatic rings. The summed E-state index contributed by atoms with van der Waals surface area (Å²) in [5.74, 6) is 2.20. The molecule has 0 aromatic heterocycles. The van der Waals surface area contributed by atoms with Gasteiger partial charge in [-0.3, -0.25) is 0 Å². The summed E-state index contributed by atoms with van der Waals surface area (Å²) in [6.45, 7) is 0. The molecular weight excluding hydrogens is 487 g/mol. The average molecular weight is 513 g/mol. The Balaban J connectivity index is 0.000000179. The first-order valence-electron chi connectivity index (χ1n) is 10.8. The molecule has 6 nitrogen and oxygen atoms in total. The number of phenolic OH excluding ortho intramolecular Hbond substituents is 3. The molecule has 0 aliphatic carbocycles. The number of para-hydroxylation sites is 3. The van der Waals surface area contributed by atoms with Crippen molar-refractivity contribution in [3.8, 4) is 28.7 Å². The molecule has 4 aromatic carbocycles. The second kappa shape index (κ2) is 11.4. The van der Waals surface area contributed by atoms with E-state index in [1.807, 2.05) is 54.6 Å². The van der Waals surface area contributed by atoms with E-state index in [2.05, 4.69) is 8.08 Å². The van der Waals surface area contributed by atoms with Gasteiger partial charge in [0.15, 0.2) is 0 Å². The number of hydrogen-bond acceptors (Lipinski definition) is 6. The molecule has 1 saturated heterocycles. The van der Waals surface area contributed by atoms with E-state index in [9.17, 15) is 10.2 Å². The predicted molar refractivity (Wildman–Crippen MR) is 136 cm³/mol. The van der Waals surface area contributed by atoms with Gasteiger partial charge >= 0.3 is 126 Å². The van der Waals surface area contributed by atoms with Gasteiger partial charge in [0.25, 0.3) is 0 Å². The molecule has 181 valence electrons. The first-order valence-corrected chi connectivity index (χ1v) is 13.2. The Morgan fingerprint density at radius 1 is 0.571 bits per heavy atom. The van der Waals surface area contributed by atoms with Gasteiger partial charge in [0.1, 0.15) is 17.2 Å². The summed E-state index contributed by atoms with van der Waals surface area (Å²) in [6.07, 6.45) is 3.41. The third-order valence-corrected chi connectivity index (χ3v) is 7.56. The SMILES string of the molecule is Oc1ccc(Oc2ccccc2)cc1.Oc1ccccc1C=[N][Co]1([N]=Cc2ccccc2O)[CH2][CH2]1. The van der Waals surface area contributed by atoms with Gasteiger partial charge in [0.2, 0.25) is 0 Å². The van der Waals surface area contributed by atoms with Gasteiger partial charge in [-0.1, -0.05) is 18.2 Å². The second-order valence-electron chi connectivity index (χ2n) is 7.45. The molecule has 0 radical (unpaired) electrons. The number of aromatic hydroxyl groups is 3. The topological polar surface area (TPSA) is 94.6 Å². The quantitative estimate of drug-likeness (QED) is 0.252. The first-order chi connectivity index (χ1) is 17.0. The van der Waals surface area contributed by atoms with E-state index in [-0.39, 0.29) is 17.2 Å². The van der Waals surface area contributed by atoms with Crippen LogP contribution in [0.3, 0.4) is 0 Å². The number of ether oxygens (including phenoxy) is 1. The van der Waals surface area contributed by atoms with Crippen molar-refractivity contribution in [2.45, 2.75) is 10.7 Å². The zero-order chi connectivity index (χ0) is 24.5. The molecule has 1 heterocycles. The van der Waals surface area contributed by atoms with Crippen LogP contribution in [-0.4, -0.2) is 27.7 Å². The van der Waals surface area contributed by atoms with Crippen LogP contribution >= 0.6 is 0 Å². The van der Waals surface area contributed by atoms with Crippen LogP contribution in [0, 0.1) is 0 Å². The van der Waals surface area contributed by atoms with Crippen molar-refractivity contribution in [1.82, 2.24) is 0 Å². The molecule has 0 amide bonds. The van der Waals surface area contributed by atoms with Gasteiger partial charge in [0, 0.05) is 0 Å². The van der Waals surface area contributed by atoms with E-state index >= 15 is 0 Å². The Bertz CT molecular complexity index is 1250. The molecular formula is C28H26CoN2O4. The standard InChI is InChI=1S/C12H10O2.2C7H6NO.C2H4.Co/c13-10-6-8-12(9-7-10)14-11-4-2-1-3-5-11;2*8-5-6-3-1-2-4-7(6)9;1-2;/h1-9,13H;2*1-5,9H;1-2H2;/q;2*-1;;+2. The van der Waals surface area contributed by atoms with Crippen LogP contribution in [0.2, 0.25) is 10.7 Å². The number of benzene rings is 4. The fourth-order valence-corrected chi connectivity index (χ4v) is 5.02. The molecule has 3 N–H and O–H groups in total. The molecule has 0 atom stereocenters. The van der Waals surface area contributed by atoms with Gasteiger partial charge in [0.05, 0.1) is 0 Å². The Kier molecular flexibility index (Phi) is 7.82. The molecule has 1 aliphatic heterocycles. The van der Waals surface area contributed by atoms with Crippen molar-refractivity contribution in [2.24, 2.45) is 8.08 Å². The fraction of sp³-hybridized carbons (Fsp3) is 0.0714. The molecule has 0 unspecified atom stereocenters. The maximum absolute atomic E-state index is 9.72. The van der Waals surface area contributed by atoms with Crippen molar-refractivity contribution in [2.75, 3.05) is 0 Å². The number of hydrogen-bond donors (Lipinski definition) is 3. The summed E-state index contributed by atoms with van der Waals surface area (Å²) >= 11 is -1.63. The van der Waals surface area contributed by atoms with Crippen molar-refractivity contribution in [3.05, 3.63) is 114 Å². The van der Waals surface area contributed by atoms with Crippen LogP contribution in [0.5, 0.6) is 28.7 Å². The summed E-state index contributed by atoms with van der Waals surface area (Å²) in [7, 11) is 0. The van der Waals surface area contributed by atoms with Gasteiger partial charge in [-0.2, -0.15) is 0 Å². The normalized spacial score (nSPS) is 14.7. The molecule has 1 fully saturated rings. The van der Waals surface area contributed by atoms with Crippen LogP contribution in [-0.2, 0) is 13.0 Å². The zero-order valence-corrected chi connectivity index (χ0v) is 19.9. The van der Waals surface area contributed by atoms with Crippen LogP contribution < -0.4 is 4.74 Å². The molecule has 0 saturated carbocycles. The fourth-order valence-electron chi connectivity index (χ4n) is 2.83. The summed E-state index contributed by atoms with van der Waals surface area (Å²) in [5.41, 5.74) is 1.42. The Labute approximate surface area is 207 Å². The number of phenols is 3. The van der Waals surface area contributed by atoms with E-state index in [1.54, 1.807) is 61.0 Å². The Hall–Kier alpha value is -4.07. The van der Waals surface area contributed by atoms with E-state index in [0.29, 0.717) is 16.9 Å². The monoisotopic (exact) mass is 513 g/mol. The third kappa shape index (κ3) is 7.20. The Morgan fingerprint density at radius 3 is 1.51 bits per heavy atom. The van der Waals surface area contributed by atoms with Crippen molar-refractivity contribution in [3.63, 3.8) is 0 Å². The molecule has 0 spiro atoms. The molecule has 0 bridgehead atoms. The van der Waals surface area contributed by atoms with Crippen LogP contribution in [0.25, 0.3) is 0 Å². The summed E-state index contributed by atoms with van der Waals surface area (Å²) in [4.78, 5) is 0. The van der Waals surface area contributed by atoms with E-state index in [1.165, 1.54) is 0 Å². The van der Waals surface area contributed by atoms with E-state index in [0.717, 1.165) is 16.5 Å². The van der Waals surface area contributed by atoms with Crippen molar-refractivity contribution >= 4 is 12.4 Å². The first kappa shape index (κ1) is 24.1. The second-order valence-corrected chi connectivity index (χ2v) is 11.1. The third-order valence-electron chi connectivity index (χ3n) is 4.84. The van der Waals surface area contributed by atoms with Crippen LogP contribution in [0.4, 0.5) is 0 Å². The van der Waals surface area contributed by atoms with E-state index in [4.69, 9.17) is 9.84 Å². The van der Waals surface area contributed by atoms with Gasteiger partial charge < -0.3 is 9.84 Å². The Morgan fingerprint density at radius 2 is 1.03 bits per heavy atom. The number of nitrogens with zero attached hydrogens (tertiary/aromatic N) is 2. The molecule has 35 heavy (non-hydrogen) atoms. The van der Waals surface area contributed by atoms with Gasteiger partial charge in [-0.25, -0.2) is 0 Å². The van der Waals surface area contributed by atoms with Crippen molar-refractivity contribution in [1.29, 1.82) is 0 Å². The minimum absolute atomic E-state index is 0.227. The van der Waals surface area contributed by atoms with Crippen molar-refractivity contribution < 1.29 is 33.1 Å². The molecule has 4 aromatic rings. The zero-order valence-electron chi connectivity index (χ0n) is 18.9. The van der Waals surface area contributed by atoms with Gasteiger partial charge in [-0.15, -0.1) is 0 Å². The van der Waals surface area contributed by atoms with Crippen LogP contribution in [0.1, 0.15) is 11.1 Å².